The molecule has 0 aliphatic carbocycles. The van der Waals surface area contributed by atoms with Crippen LogP contribution in [0, 0.1) is 10.1 Å². The van der Waals surface area contributed by atoms with E-state index in [4.69, 9.17) is 0 Å². The average Bonchev–Trinajstić information content (AvgIpc) is 2.44. The van der Waals surface area contributed by atoms with E-state index in [9.17, 15) is 24.5 Å². The molecular weight excluding hydrogens is 298 g/mol. The number of nitro benzene ring substituents is 1. The van der Waals surface area contributed by atoms with Crippen LogP contribution >= 0.6 is 11.8 Å². The van der Waals surface area contributed by atoms with Gasteiger partial charge in [0.1, 0.15) is 13.1 Å². The van der Waals surface area contributed by atoms with Gasteiger partial charge >= 0.3 is 0 Å². The van der Waals surface area contributed by atoms with Gasteiger partial charge in [0.15, 0.2) is 0 Å². The summed E-state index contributed by atoms with van der Waals surface area (Å²) in [5.41, 5.74) is -0.108. The Kier molecular flexibility index (Phi) is 4.22. The molecule has 0 saturated carbocycles. The van der Waals surface area contributed by atoms with E-state index in [0.717, 1.165) is 11.0 Å². The van der Waals surface area contributed by atoms with E-state index >= 15 is 0 Å². The zero-order valence-electron chi connectivity index (χ0n) is 11.0. The lowest BCUT2D eigenvalue weighted by molar-refractivity contribution is -0.387. The lowest BCUT2D eigenvalue weighted by Gasteiger charge is -2.25. The number of hydrogen-bond acceptors (Lipinski definition) is 6. The number of imide groups is 1. The molecule has 21 heavy (non-hydrogen) atoms. The SMILES string of the molecule is CSc1ccc(C(=O)N2CC(=O)NC(=O)C2)cc1[N+](=O)[O-]. The molecule has 1 aliphatic rings. The number of rotatable bonds is 3. The molecule has 0 aromatic heterocycles. The number of nitrogens with zero attached hydrogens (tertiary/aromatic N) is 2. The highest BCUT2D eigenvalue weighted by molar-refractivity contribution is 7.98. The Balaban J connectivity index is 2.31. The van der Waals surface area contributed by atoms with Crippen LogP contribution in [0.25, 0.3) is 0 Å². The maximum absolute atomic E-state index is 12.2. The van der Waals surface area contributed by atoms with Gasteiger partial charge in [0.05, 0.1) is 9.82 Å². The van der Waals surface area contributed by atoms with Crippen LogP contribution in [0.1, 0.15) is 10.4 Å². The molecular formula is C12H11N3O5S. The topological polar surface area (TPSA) is 110 Å². The first-order chi connectivity index (χ1) is 9.92. The number of hydrogen-bond donors (Lipinski definition) is 1. The van der Waals surface area contributed by atoms with Gasteiger partial charge < -0.3 is 4.90 Å². The van der Waals surface area contributed by atoms with Gasteiger partial charge in [0.2, 0.25) is 11.8 Å². The molecule has 8 nitrogen and oxygen atoms in total. The van der Waals surface area contributed by atoms with Crippen LogP contribution < -0.4 is 5.32 Å². The van der Waals surface area contributed by atoms with Crippen molar-refractivity contribution in [3.63, 3.8) is 0 Å². The predicted octanol–water partition coefficient (Wildman–Crippen LogP) is 0.415. The van der Waals surface area contributed by atoms with Crippen molar-refractivity contribution in [1.29, 1.82) is 0 Å². The fourth-order valence-corrected chi connectivity index (χ4v) is 2.48. The van der Waals surface area contributed by atoms with Gasteiger partial charge in [-0.1, -0.05) is 0 Å². The molecule has 1 aliphatic heterocycles. The van der Waals surface area contributed by atoms with E-state index in [2.05, 4.69) is 5.32 Å². The molecule has 0 unspecified atom stereocenters. The van der Waals surface area contributed by atoms with Crippen LogP contribution in [0.15, 0.2) is 23.1 Å². The Bertz CT molecular complexity index is 630. The quantitative estimate of drug-likeness (QED) is 0.375. The second kappa shape index (κ2) is 5.92. The fraction of sp³-hybridized carbons (Fsp3) is 0.250. The van der Waals surface area contributed by atoms with Crippen LogP contribution in [-0.2, 0) is 9.59 Å². The summed E-state index contributed by atoms with van der Waals surface area (Å²) in [7, 11) is 0. The molecule has 0 radical (unpaired) electrons. The molecule has 9 heteroatoms. The highest BCUT2D eigenvalue weighted by Crippen LogP contribution is 2.28. The Morgan fingerprint density at radius 2 is 1.95 bits per heavy atom. The van der Waals surface area contributed by atoms with Crippen molar-refractivity contribution >= 4 is 35.2 Å². The van der Waals surface area contributed by atoms with Gasteiger partial charge in [-0.05, 0) is 18.4 Å². The monoisotopic (exact) mass is 309 g/mol. The summed E-state index contributed by atoms with van der Waals surface area (Å²) >= 11 is 1.20. The lowest BCUT2D eigenvalue weighted by atomic mass is 10.1. The van der Waals surface area contributed by atoms with E-state index in [-0.39, 0.29) is 24.3 Å². The average molecular weight is 309 g/mol. The largest absolute Gasteiger partial charge is 0.320 e. The van der Waals surface area contributed by atoms with Crippen molar-refractivity contribution in [2.24, 2.45) is 0 Å². The fourth-order valence-electron chi connectivity index (χ4n) is 1.93. The van der Waals surface area contributed by atoms with E-state index in [0.29, 0.717) is 4.90 Å². The van der Waals surface area contributed by atoms with Gasteiger partial charge in [-0.2, -0.15) is 0 Å². The van der Waals surface area contributed by atoms with Crippen molar-refractivity contribution in [2.75, 3.05) is 19.3 Å². The van der Waals surface area contributed by atoms with Crippen molar-refractivity contribution in [2.45, 2.75) is 4.90 Å². The van der Waals surface area contributed by atoms with E-state index in [1.165, 1.54) is 23.9 Å². The molecule has 110 valence electrons. The molecule has 1 N–H and O–H groups in total. The number of piperazine rings is 1. The van der Waals surface area contributed by atoms with Crippen molar-refractivity contribution in [3.05, 3.63) is 33.9 Å². The third kappa shape index (κ3) is 3.19. The molecule has 1 fully saturated rings. The molecule has 1 aromatic carbocycles. The Morgan fingerprint density at radius 3 is 2.48 bits per heavy atom. The molecule has 0 spiro atoms. The summed E-state index contributed by atoms with van der Waals surface area (Å²) in [6.45, 7) is -0.495. The summed E-state index contributed by atoms with van der Waals surface area (Å²) in [4.78, 5) is 46.6. The lowest BCUT2D eigenvalue weighted by Crippen LogP contribution is -2.53. The smallest absolute Gasteiger partial charge is 0.283 e. The van der Waals surface area contributed by atoms with Gasteiger partial charge in [-0.25, -0.2) is 0 Å². The van der Waals surface area contributed by atoms with E-state index in [1.54, 1.807) is 6.26 Å². The highest BCUT2D eigenvalue weighted by atomic mass is 32.2. The molecule has 1 heterocycles. The molecule has 0 bridgehead atoms. The van der Waals surface area contributed by atoms with Crippen LogP contribution in [0.3, 0.4) is 0 Å². The minimum atomic E-state index is -0.589. The maximum Gasteiger partial charge on any atom is 0.283 e. The second-order valence-corrected chi connectivity index (χ2v) is 5.12. The van der Waals surface area contributed by atoms with Gasteiger partial charge in [-0.3, -0.25) is 29.8 Å². The first-order valence-electron chi connectivity index (χ1n) is 5.86. The highest BCUT2D eigenvalue weighted by Gasteiger charge is 2.28. The van der Waals surface area contributed by atoms with E-state index < -0.39 is 22.6 Å². The standard InChI is InChI=1S/C12H11N3O5S/c1-21-9-3-2-7(4-8(9)15(19)20)12(18)14-5-10(16)13-11(17)6-14/h2-4H,5-6H2,1H3,(H,13,16,17). The number of thioether (sulfide) groups is 1. The van der Waals surface area contributed by atoms with Gasteiger partial charge in [0.25, 0.3) is 11.6 Å². The first-order valence-corrected chi connectivity index (χ1v) is 7.09. The van der Waals surface area contributed by atoms with Crippen LogP contribution in [0.2, 0.25) is 0 Å². The Labute approximate surface area is 123 Å². The van der Waals surface area contributed by atoms with Gasteiger partial charge in [0, 0.05) is 11.6 Å². The van der Waals surface area contributed by atoms with Crippen molar-refractivity contribution in [1.82, 2.24) is 10.2 Å². The summed E-state index contributed by atoms with van der Waals surface area (Å²) < 4.78 is 0. The number of amides is 3. The molecule has 0 atom stereocenters. The van der Waals surface area contributed by atoms with Crippen LogP contribution in [-0.4, -0.2) is 46.9 Å². The number of nitro groups is 1. The Hall–Kier alpha value is -2.42. The van der Waals surface area contributed by atoms with Gasteiger partial charge in [-0.15, -0.1) is 11.8 Å². The third-order valence-electron chi connectivity index (χ3n) is 2.86. The zero-order valence-corrected chi connectivity index (χ0v) is 11.8. The van der Waals surface area contributed by atoms with E-state index in [1.807, 2.05) is 0 Å². The minimum Gasteiger partial charge on any atom is -0.320 e. The Morgan fingerprint density at radius 1 is 1.33 bits per heavy atom. The summed E-state index contributed by atoms with van der Waals surface area (Å²) in [5, 5.41) is 13.1. The number of carbonyl (C=O) groups is 3. The summed E-state index contributed by atoms with van der Waals surface area (Å²) in [5.74, 6) is -1.74. The van der Waals surface area contributed by atoms with Crippen LogP contribution in [0.5, 0.6) is 0 Å². The van der Waals surface area contributed by atoms with Crippen molar-refractivity contribution in [3.8, 4) is 0 Å². The van der Waals surface area contributed by atoms with Crippen LogP contribution in [0.4, 0.5) is 5.69 Å². The molecule has 2 rings (SSSR count). The molecule has 3 amide bonds. The van der Waals surface area contributed by atoms with Crippen molar-refractivity contribution < 1.29 is 19.3 Å². The predicted molar refractivity (Wildman–Crippen MR) is 73.9 cm³/mol. The maximum atomic E-state index is 12.2. The number of nitrogens with one attached hydrogen (secondary N) is 1. The zero-order chi connectivity index (χ0) is 15.6. The first kappa shape index (κ1) is 15.0. The summed E-state index contributed by atoms with van der Waals surface area (Å²) in [6, 6.07) is 4.07. The molecule has 1 aromatic rings. The summed E-state index contributed by atoms with van der Waals surface area (Å²) in [6.07, 6.45) is 1.69. The number of benzene rings is 1. The normalized spacial score (nSPS) is 14.8. The number of carbonyl (C=O) groups excluding carboxylic acids is 3. The third-order valence-corrected chi connectivity index (χ3v) is 3.64. The molecule has 1 saturated heterocycles. The minimum absolute atomic E-state index is 0.0713. The second-order valence-electron chi connectivity index (χ2n) is 4.28.